The van der Waals surface area contributed by atoms with Gasteiger partial charge in [-0.05, 0) is 58.5 Å². The van der Waals surface area contributed by atoms with Crippen molar-refractivity contribution in [2.24, 2.45) is 0 Å². The number of hydrogen-bond acceptors (Lipinski definition) is 6. The zero-order valence-electron chi connectivity index (χ0n) is 17.1. The summed E-state index contributed by atoms with van der Waals surface area (Å²) in [6.07, 6.45) is 1.84. The van der Waals surface area contributed by atoms with E-state index in [1.54, 1.807) is 35.2 Å². The summed E-state index contributed by atoms with van der Waals surface area (Å²) >= 11 is 9.57. The van der Waals surface area contributed by atoms with E-state index >= 15 is 0 Å². The first-order valence-electron chi connectivity index (χ1n) is 9.94. The molecule has 6 nitrogen and oxygen atoms in total. The van der Waals surface area contributed by atoms with Crippen molar-refractivity contribution in [3.05, 3.63) is 56.7 Å². The van der Waals surface area contributed by atoms with Crippen molar-refractivity contribution < 1.29 is 19.4 Å². The fraction of sp³-hybridized carbons (Fsp3) is 0.217. The number of halogens is 1. The van der Waals surface area contributed by atoms with Gasteiger partial charge in [0.2, 0.25) is 5.89 Å². The molecule has 3 heterocycles. The van der Waals surface area contributed by atoms with Crippen LogP contribution in [0.15, 0.2) is 45.0 Å². The summed E-state index contributed by atoms with van der Waals surface area (Å²) in [5.74, 6) is 0.476. The van der Waals surface area contributed by atoms with Gasteiger partial charge >= 0.3 is 6.09 Å². The molecular weight excluding hydrogens is 468 g/mol. The molecule has 32 heavy (non-hydrogen) atoms. The van der Waals surface area contributed by atoms with E-state index in [2.05, 4.69) is 16.4 Å². The number of oxazole rings is 1. The van der Waals surface area contributed by atoms with Crippen molar-refractivity contribution in [2.45, 2.75) is 24.5 Å². The number of benzene rings is 2. The first-order valence-corrected chi connectivity index (χ1v) is 12.4. The van der Waals surface area contributed by atoms with Crippen LogP contribution in [0.25, 0.3) is 33.7 Å². The van der Waals surface area contributed by atoms with E-state index in [1.165, 1.54) is 10.5 Å². The molecule has 0 saturated heterocycles. The number of carbonyl (C=O) groups is 1. The van der Waals surface area contributed by atoms with Gasteiger partial charge in [0.25, 0.3) is 0 Å². The Hall–Kier alpha value is -2.52. The van der Waals surface area contributed by atoms with Gasteiger partial charge < -0.3 is 19.5 Å². The second-order valence-corrected chi connectivity index (χ2v) is 9.68. The number of thioether (sulfide) groups is 1. The van der Waals surface area contributed by atoms with Crippen LogP contribution in [-0.4, -0.2) is 39.0 Å². The SMILES string of the molecule is CSc1c(-c2nc3cc(CO)cc(Cl)c3o2)cccc1-c1csc2c1CCN(C(=O)O)C2. The van der Waals surface area contributed by atoms with Crippen molar-refractivity contribution in [2.75, 3.05) is 12.8 Å². The van der Waals surface area contributed by atoms with Gasteiger partial charge in [-0.15, -0.1) is 23.1 Å². The zero-order valence-corrected chi connectivity index (χ0v) is 19.5. The van der Waals surface area contributed by atoms with Crippen molar-refractivity contribution >= 4 is 51.9 Å². The third-order valence-corrected chi connectivity index (χ3v) is 7.79. The summed E-state index contributed by atoms with van der Waals surface area (Å²) in [5.41, 5.74) is 6.10. The van der Waals surface area contributed by atoms with E-state index in [0.29, 0.717) is 47.1 Å². The lowest BCUT2D eigenvalue weighted by atomic mass is 9.96. The minimum absolute atomic E-state index is 0.119. The molecule has 2 aromatic heterocycles. The van der Waals surface area contributed by atoms with Gasteiger partial charge in [-0.2, -0.15) is 0 Å². The lowest BCUT2D eigenvalue weighted by Gasteiger charge is -2.25. The van der Waals surface area contributed by atoms with E-state index < -0.39 is 6.09 Å². The highest BCUT2D eigenvalue weighted by molar-refractivity contribution is 7.98. The summed E-state index contributed by atoms with van der Waals surface area (Å²) in [6, 6.07) is 9.51. The molecule has 0 radical (unpaired) electrons. The number of aliphatic hydroxyl groups excluding tert-OH is 1. The van der Waals surface area contributed by atoms with E-state index in [1.807, 2.05) is 18.4 Å². The van der Waals surface area contributed by atoms with E-state index in [4.69, 9.17) is 16.0 Å². The fourth-order valence-corrected chi connectivity index (χ4v) is 6.27. The van der Waals surface area contributed by atoms with Gasteiger partial charge in [0.05, 0.1) is 23.7 Å². The number of aromatic nitrogens is 1. The third-order valence-electron chi connectivity index (χ3n) is 5.64. The van der Waals surface area contributed by atoms with Crippen LogP contribution in [0.5, 0.6) is 0 Å². The Morgan fingerprint density at radius 1 is 1.31 bits per heavy atom. The van der Waals surface area contributed by atoms with Gasteiger partial charge in [-0.3, -0.25) is 0 Å². The second-order valence-electron chi connectivity index (χ2n) is 7.49. The van der Waals surface area contributed by atoms with Crippen LogP contribution < -0.4 is 0 Å². The molecule has 2 aromatic carbocycles. The molecule has 0 aliphatic carbocycles. The molecule has 0 bridgehead atoms. The van der Waals surface area contributed by atoms with Crippen molar-refractivity contribution in [3.8, 4) is 22.6 Å². The van der Waals surface area contributed by atoms with Crippen LogP contribution in [0, 0.1) is 0 Å². The normalized spacial score (nSPS) is 13.5. The average Bonchev–Trinajstić information content (AvgIpc) is 3.42. The molecule has 1 amide bonds. The average molecular weight is 487 g/mol. The molecular formula is C23H19ClN2O4S2. The molecule has 164 valence electrons. The van der Waals surface area contributed by atoms with Crippen LogP contribution in [0.1, 0.15) is 16.0 Å². The first kappa shape index (κ1) is 21.3. The maximum atomic E-state index is 11.4. The number of nitrogens with zero attached hydrogens (tertiary/aromatic N) is 2. The Kier molecular flexibility index (Phi) is 5.63. The van der Waals surface area contributed by atoms with Crippen LogP contribution in [0.3, 0.4) is 0 Å². The van der Waals surface area contributed by atoms with Gasteiger partial charge in [-0.1, -0.05) is 23.7 Å². The van der Waals surface area contributed by atoms with Crippen LogP contribution in [-0.2, 0) is 19.6 Å². The molecule has 1 aliphatic heterocycles. The highest BCUT2D eigenvalue weighted by Gasteiger charge is 2.26. The van der Waals surface area contributed by atoms with E-state index in [9.17, 15) is 15.0 Å². The summed E-state index contributed by atoms with van der Waals surface area (Å²) in [4.78, 5) is 19.6. The van der Waals surface area contributed by atoms with Crippen molar-refractivity contribution in [1.82, 2.24) is 9.88 Å². The Morgan fingerprint density at radius 2 is 2.12 bits per heavy atom. The van der Waals surface area contributed by atoms with Crippen LogP contribution in [0.2, 0.25) is 5.02 Å². The highest BCUT2D eigenvalue weighted by Crippen LogP contribution is 2.43. The predicted molar refractivity (Wildman–Crippen MR) is 128 cm³/mol. The molecule has 9 heteroatoms. The van der Waals surface area contributed by atoms with E-state index in [-0.39, 0.29) is 6.61 Å². The lowest BCUT2D eigenvalue weighted by molar-refractivity contribution is 0.140. The third kappa shape index (κ3) is 3.57. The quantitative estimate of drug-likeness (QED) is 0.337. The molecule has 4 aromatic rings. The van der Waals surface area contributed by atoms with Crippen LogP contribution in [0.4, 0.5) is 4.79 Å². The lowest BCUT2D eigenvalue weighted by Crippen LogP contribution is -2.34. The smallest absolute Gasteiger partial charge is 0.407 e. The molecule has 1 aliphatic rings. The Morgan fingerprint density at radius 3 is 2.88 bits per heavy atom. The second kappa shape index (κ2) is 8.44. The summed E-state index contributed by atoms with van der Waals surface area (Å²) < 4.78 is 6.04. The number of amides is 1. The minimum Gasteiger partial charge on any atom is -0.465 e. The number of rotatable bonds is 4. The van der Waals surface area contributed by atoms with Gasteiger partial charge in [0.1, 0.15) is 5.52 Å². The van der Waals surface area contributed by atoms with Crippen molar-refractivity contribution in [3.63, 3.8) is 0 Å². The van der Waals surface area contributed by atoms with Gasteiger partial charge in [-0.25, -0.2) is 9.78 Å². The summed E-state index contributed by atoms with van der Waals surface area (Å²) in [5, 5.41) is 21.3. The Bertz CT molecular complexity index is 1350. The molecule has 0 saturated carbocycles. The zero-order chi connectivity index (χ0) is 22.4. The van der Waals surface area contributed by atoms with Crippen LogP contribution >= 0.6 is 34.7 Å². The number of aliphatic hydroxyl groups is 1. The highest BCUT2D eigenvalue weighted by atomic mass is 35.5. The van der Waals surface area contributed by atoms with E-state index in [0.717, 1.165) is 26.5 Å². The number of hydrogen-bond donors (Lipinski definition) is 2. The monoisotopic (exact) mass is 486 g/mol. The summed E-state index contributed by atoms with van der Waals surface area (Å²) in [6.45, 7) is 0.809. The maximum absolute atomic E-state index is 11.4. The van der Waals surface area contributed by atoms with Crippen molar-refractivity contribution in [1.29, 1.82) is 0 Å². The number of fused-ring (bicyclic) bond motifs is 2. The Balaban J connectivity index is 1.61. The molecule has 2 N–H and O–H groups in total. The van der Waals surface area contributed by atoms with Gasteiger partial charge in [0.15, 0.2) is 5.58 Å². The topological polar surface area (TPSA) is 86.8 Å². The standard InChI is InChI=1S/C23H19ClN2O4S2/c1-31-21-14(16-11-32-19-9-26(23(28)29)6-5-13(16)19)3-2-4-15(21)22-25-18-8-12(10-27)7-17(24)20(18)30-22/h2-4,7-8,11,27H,5-6,9-10H2,1H3,(H,28,29). The number of carboxylic acid groups (broad SMARTS) is 1. The molecule has 0 spiro atoms. The molecule has 5 rings (SSSR count). The fourth-order valence-electron chi connectivity index (χ4n) is 4.11. The summed E-state index contributed by atoms with van der Waals surface area (Å²) in [7, 11) is 0. The number of thiophene rings is 1. The first-order chi connectivity index (χ1) is 15.5. The maximum Gasteiger partial charge on any atom is 0.407 e. The largest absolute Gasteiger partial charge is 0.465 e. The predicted octanol–water partition coefficient (Wildman–Crippen LogP) is 6.13. The minimum atomic E-state index is -0.878. The van der Waals surface area contributed by atoms with Gasteiger partial charge in [0, 0.05) is 16.3 Å². The molecule has 0 fully saturated rings. The Labute approximate surface area is 197 Å². The molecule has 0 unspecified atom stereocenters. The molecule has 0 atom stereocenters.